The van der Waals surface area contributed by atoms with Gasteiger partial charge in [-0.25, -0.2) is 0 Å². The Bertz CT molecular complexity index is 78.5. The SMILES string of the molecule is OC1CCC=COC1. The molecule has 1 rings (SSSR count). The molecule has 0 aliphatic carbocycles. The molecule has 1 aliphatic heterocycles. The summed E-state index contributed by atoms with van der Waals surface area (Å²) in [5.41, 5.74) is 0. The molecule has 0 aromatic rings. The average Bonchev–Trinajstić information content (AvgIpc) is 1.94. The van der Waals surface area contributed by atoms with Crippen molar-refractivity contribution in [3.05, 3.63) is 12.3 Å². The van der Waals surface area contributed by atoms with E-state index in [1.54, 1.807) is 6.26 Å². The maximum atomic E-state index is 8.92. The summed E-state index contributed by atoms with van der Waals surface area (Å²) in [4.78, 5) is 0. The summed E-state index contributed by atoms with van der Waals surface area (Å²) in [5, 5.41) is 8.92. The first kappa shape index (κ1) is 5.63. The minimum Gasteiger partial charge on any atom is -0.499 e. The molecule has 0 amide bonds. The molecule has 0 aromatic heterocycles. The van der Waals surface area contributed by atoms with E-state index in [0.29, 0.717) is 6.61 Å². The zero-order valence-electron chi connectivity index (χ0n) is 4.71. The predicted molar refractivity (Wildman–Crippen MR) is 30.3 cm³/mol. The van der Waals surface area contributed by atoms with Crippen molar-refractivity contribution >= 4 is 0 Å². The quantitative estimate of drug-likeness (QED) is 0.501. The van der Waals surface area contributed by atoms with Gasteiger partial charge in [-0.3, -0.25) is 0 Å². The van der Waals surface area contributed by atoms with Gasteiger partial charge in [0, 0.05) is 0 Å². The first-order valence-corrected chi connectivity index (χ1v) is 2.84. The highest BCUT2D eigenvalue weighted by Gasteiger charge is 2.03. The maximum Gasteiger partial charge on any atom is 0.113 e. The van der Waals surface area contributed by atoms with Gasteiger partial charge >= 0.3 is 0 Å². The summed E-state index contributed by atoms with van der Waals surface area (Å²) in [6, 6.07) is 0. The van der Waals surface area contributed by atoms with Gasteiger partial charge in [-0.2, -0.15) is 0 Å². The Morgan fingerprint density at radius 3 is 3.38 bits per heavy atom. The van der Waals surface area contributed by atoms with Gasteiger partial charge in [-0.15, -0.1) is 0 Å². The van der Waals surface area contributed by atoms with Crippen molar-refractivity contribution in [2.24, 2.45) is 0 Å². The highest BCUT2D eigenvalue weighted by Crippen LogP contribution is 2.03. The topological polar surface area (TPSA) is 29.5 Å². The Balaban J connectivity index is 2.28. The van der Waals surface area contributed by atoms with Crippen LogP contribution in [-0.4, -0.2) is 17.8 Å². The lowest BCUT2D eigenvalue weighted by molar-refractivity contribution is 0.0851. The molecule has 1 aliphatic rings. The lowest BCUT2D eigenvalue weighted by Crippen LogP contribution is -2.10. The summed E-state index contributed by atoms with van der Waals surface area (Å²) in [7, 11) is 0. The third-order valence-electron chi connectivity index (χ3n) is 1.15. The minimum atomic E-state index is -0.259. The van der Waals surface area contributed by atoms with Crippen LogP contribution >= 0.6 is 0 Å². The normalized spacial score (nSPS) is 28.9. The Morgan fingerprint density at radius 2 is 2.50 bits per heavy atom. The van der Waals surface area contributed by atoms with Gasteiger partial charge in [-0.1, -0.05) is 0 Å². The number of aliphatic hydroxyl groups excluding tert-OH is 1. The predicted octanol–water partition coefficient (Wildman–Crippen LogP) is 0.671. The Labute approximate surface area is 48.8 Å². The van der Waals surface area contributed by atoms with E-state index in [1.165, 1.54) is 0 Å². The van der Waals surface area contributed by atoms with Crippen molar-refractivity contribution < 1.29 is 9.84 Å². The molecule has 46 valence electrons. The molecule has 0 saturated carbocycles. The van der Waals surface area contributed by atoms with Crippen LogP contribution in [0.2, 0.25) is 0 Å². The summed E-state index contributed by atoms with van der Waals surface area (Å²) in [6.07, 6.45) is 5.08. The molecular weight excluding hydrogens is 104 g/mol. The van der Waals surface area contributed by atoms with Crippen LogP contribution in [0, 0.1) is 0 Å². The van der Waals surface area contributed by atoms with Gasteiger partial charge in [0.05, 0.1) is 12.4 Å². The van der Waals surface area contributed by atoms with Crippen molar-refractivity contribution in [3.63, 3.8) is 0 Å². The average molecular weight is 114 g/mol. The molecular formula is C6H10O2. The van der Waals surface area contributed by atoms with E-state index < -0.39 is 0 Å². The van der Waals surface area contributed by atoms with Gasteiger partial charge < -0.3 is 9.84 Å². The minimum absolute atomic E-state index is 0.259. The van der Waals surface area contributed by atoms with Crippen molar-refractivity contribution in [2.45, 2.75) is 18.9 Å². The molecule has 0 bridgehead atoms. The molecule has 1 atom stereocenters. The van der Waals surface area contributed by atoms with Gasteiger partial charge in [0.2, 0.25) is 0 Å². The van der Waals surface area contributed by atoms with Crippen LogP contribution in [0.4, 0.5) is 0 Å². The van der Waals surface area contributed by atoms with E-state index >= 15 is 0 Å². The fraction of sp³-hybridized carbons (Fsp3) is 0.667. The van der Waals surface area contributed by atoms with Gasteiger partial charge in [-0.05, 0) is 18.9 Å². The van der Waals surface area contributed by atoms with E-state index in [1.807, 2.05) is 6.08 Å². The molecule has 0 spiro atoms. The number of rotatable bonds is 0. The number of ether oxygens (including phenoxy) is 1. The zero-order valence-corrected chi connectivity index (χ0v) is 4.71. The Morgan fingerprint density at radius 1 is 1.62 bits per heavy atom. The summed E-state index contributed by atoms with van der Waals surface area (Å²) < 4.78 is 4.88. The second kappa shape index (κ2) is 2.72. The van der Waals surface area contributed by atoms with Gasteiger partial charge in [0.1, 0.15) is 6.61 Å². The van der Waals surface area contributed by atoms with Crippen LogP contribution in [0.5, 0.6) is 0 Å². The molecule has 0 radical (unpaired) electrons. The van der Waals surface area contributed by atoms with E-state index in [4.69, 9.17) is 9.84 Å². The molecule has 0 saturated heterocycles. The maximum absolute atomic E-state index is 8.92. The highest BCUT2D eigenvalue weighted by molar-refractivity contribution is 4.78. The molecule has 1 heterocycles. The highest BCUT2D eigenvalue weighted by atomic mass is 16.5. The van der Waals surface area contributed by atoms with Crippen LogP contribution in [0.3, 0.4) is 0 Å². The van der Waals surface area contributed by atoms with Crippen LogP contribution < -0.4 is 0 Å². The van der Waals surface area contributed by atoms with Gasteiger partial charge in [0.15, 0.2) is 0 Å². The molecule has 2 heteroatoms. The molecule has 2 nitrogen and oxygen atoms in total. The van der Waals surface area contributed by atoms with Gasteiger partial charge in [0.25, 0.3) is 0 Å². The number of allylic oxidation sites excluding steroid dienone is 1. The third-order valence-corrected chi connectivity index (χ3v) is 1.15. The number of hydrogen-bond donors (Lipinski definition) is 1. The second-order valence-corrected chi connectivity index (χ2v) is 1.94. The molecule has 1 unspecified atom stereocenters. The van der Waals surface area contributed by atoms with Crippen LogP contribution in [0.15, 0.2) is 12.3 Å². The van der Waals surface area contributed by atoms with E-state index in [0.717, 1.165) is 12.8 Å². The molecule has 1 N–H and O–H groups in total. The van der Waals surface area contributed by atoms with Crippen molar-refractivity contribution in [2.75, 3.05) is 6.61 Å². The first-order valence-electron chi connectivity index (χ1n) is 2.84. The fourth-order valence-corrected chi connectivity index (χ4v) is 0.675. The fourth-order valence-electron chi connectivity index (χ4n) is 0.675. The lowest BCUT2D eigenvalue weighted by atomic mass is 10.2. The zero-order chi connectivity index (χ0) is 5.82. The largest absolute Gasteiger partial charge is 0.499 e. The first-order chi connectivity index (χ1) is 3.89. The monoisotopic (exact) mass is 114 g/mol. The Kier molecular flexibility index (Phi) is 1.92. The Hall–Kier alpha value is -0.500. The third kappa shape index (κ3) is 1.54. The van der Waals surface area contributed by atoms with Crippen molar-refractivity contribution in [3.8, 4) is 0 Å². The second-order valence-electron chi connectivity index (χ2n) is 1.94. The van der Waals surface area contributed by atoms with Crippen LogP contribution in [0.1, 0.15) is 12.8 Å². The standard InChI is InChI=1S/C6H10O2/c7-6-3-1-2-4-8-5-6/h2,4,6-7H,1,3,5H2. The number of aliphatic hydroxyl groups is 1. The summed E-state index contributed by atoms with van der Waals surface area (Å²) >= 11 is 0. The molecule has 0 aromatic carbocycles. The van der Waals surface area contributed by atoms with E-state index in [2.05, 4.69) is 0 Å². The smallest absolute Gasteiger partial charge is 0.113 e. The summed E-state index contributed by atoms with van der Waals surface area (Å²) in [6.45, 7) is 0.455. The molecule has 0 fully saturated rings. The molecule has 8 heavy (non-hydrogen) atoms. The van der Waals surface area contributed by atoms with Crippen molar-refractivity contribution in [1.29, 1.82) is 0 Å². The lowest BCUT2D eigenvalue weighted by Gasteiger charge is -2.03. The summed E-state index contributed by atoms with van der Waals surface area (Å²) in [5.74, 6) is 0. The van der Waals surface area contributed by atoms with Crippen molar-refractivity contribution in [1.82, 2.24) is 0 Å². The van der Waals surface area contributed by atoms with E-state index in [9.17, 15) is 0 Å². The number of hydrogen-bond acceptors (Lipinski definition) is 2. The van der Waals surface area contributed by atoms with E-state index in [-0.39, 0.29) is 6.10 Å². The van der Waals surface area contributed by atoms with Crippen LogP contribution in [0.25, 0.3) is 0 Å². The van der Waals surface area contributed by atoms with Crippen LogP contribution in [-0.2, 0) is 4.74 Å².